The van der Waals surface area contributed by atoms with Crippen LogP contribution in [0, 0.1) is 6.92 Å². The van der Waals surface area contributed by atoms with Gasteiger partial charge in [0.2, 0.25) is 0 Å². The molecule has 0 N–H and O–H groups in total. The predicted octanol–water partition coefficient (Wildman–Crippen LogP) is 5.53. The van der Waals surface area contributed by atoms with Crippen LogP contribution in [0.4, 0.5) is 10.5 Å². The predicted molar refractivity (Wildman–Crippen MR) is 147 cm³/mol. The molecule has 2 fully saturated rings. The lowest BCUT2D eigenvalue weighted by Crippen LogP contribution is -2.57. The number of amides is 2. The van der Waals surface area contributed by atoms with Crippen LogP contribution in [0.1, 0.15) is 87.1 Å². The van der Waals surface area contributed by atoms with Crippen molar-refractivity contribution in [2.45, 2.75) is 96.6 Å². The zero-order valence-corrected chi connectivity index (χ0v) is 23.3. The van der Waals surface area contributed by atoms with Crippen molar-refractivity contribution in [2.75, 3.05) is 31.3 Å². The highest BCUT2D eigenvalue weighted by Crippen LogP contribution is 2.40. The lowest BCUT2D eigenvalue weighted by atomic mass is 10.00. The first-order valence-electron chi connectivity index (χ1n) is 14.3. The summed E-state index contributed by atoms with van der Waals surface area (Å²) >= 11 is 0. The van der Waals surface area contributed by atoms with E-state index >= 15 is 0 Å². The van der Waals surface area contributed by atoms with Crippen molar-refractivity contribution >= 4 is 23.5 Å². The SMILES string of the molecule is C=CCOC(=O)N1c2cc(OCCCCCC(C)=O)c(C)cc2C(=O)N2CCCC[C@H]2C1OC1CCCCO1. The molecule has 39 heavy (non-hydrogen) atoms. The molecule has 9 heteroatoms. The Morgan fingerprint density at radius 3 is 2.69 bits per heavy atom. The highest BCUT2D eigenvalue weighted by atomic mass is 16.7. The topological polar surface area (TPSA) is 94.6 Å². The molecule has 3 atom stereocenters. The van der Waals surface area contributed by atoms with E-state index in [9.17, 15) is 14.4 Å². The fourth-order valence-corrected chi connectivity index (χ4v) is 5.54. The average Bonchev–Trinajstić information content (AvgIpc) is 3.03. The zero-order valence-electron chi connectivity index (χ0n) is 23.3. The number of rotatable bonds is 11. The molecule has 0 radical (unpaired) electrons. The molecule has 0 saturated carbocycles. The third-order valence-corrected chi connectivity index (χ3v) is 7.56. The molecule has 1 aromatic rings. The van der Waals surface area contributed by atoms with Gasteiger partial charge in [0.25, 0.3) is 5.91 Å². The lowest BCUT2D eigenvalue weighted by molar-refractivity contribution is -0.198. The van der Waals surface area contributed by atoms with Crippen LogP contribution >= 0.6 is 0 Å². The number of Topliss-reactive ketones (excluding diaryl/α,β-unsaturated/α-hetero) is 1. The monoisotopic (exact) mass is 542 g/mol. The second-order valence-electron chi connectivity index (χ2n) is 10.6. The fraction of sp³-hybridized carbons (Fsp3) is 0.633. The van der Waals surface area contributed by atoms with Crippen LogP contribution < -0.4 is 9.64 Å². The minimum atomic E-state index is -0.766. The molecular formula is C30H42N2O7. The molecule has 4 rings (SSSR count). The molecular weight excluding hydrogens is 500 g/mol. The first-order valence-corrected chi connectivity index (χ1v) is 14.3. The Kier molecular flexibility index (Phi) is 10.4. The third kappa shape index (κ3) is 7.19. The molecule has 3 aliphatic heterocycles. The summed E-state index contributed by atoms with van der Waals surface area (Å²) < 4.78 is 24.1. The second kappa shape index (κ2) is 13.9. The summed E-state index contributed by atoms with van der Waals surface area (Å²) in [5, 5.41) is 0. The molecule has 0 spiro atoms. The molecule has 1 aromatic carbocycles. The van der Waals surface area contributed by atoms with Gasteiger partial charge in [-0.05, 0) is 83.3 Å². The van der Waals surface area contributed by atoms with Gasteiger partial charge >= 0.3 is 6.09 Å². The van der Waals surface area contributed by atoms with Crippen molar-refractivity contribution in [3.63, 3.8) is 0 Å². The van der Waals surface area contributed by atoms with E-state index in [4.69, 9.17) is 18.9 Å². The first-order chi connectivity index (χ1) is 18.9. The van der Waals surface area contributed by atoms with Crippen LogP contribution in [0.3, 0.4) is 0 Å². The Morgan fingerprint density at radius 1 is 1.13 bits per heavy atom. The van der Waals surface area contributed by atoms with Crippen LogP contribution in [0.25, 0.3) is 0 Å². The number of fused-ring (bicyclic) bond motifs is 2. The Balaban J connectivity index is 1.68. The molecule has 2 saturated heterocycles. The lowest BCUT2D eigenvalue weighted by Gasteiger charge is -2.42. The second-order valence-corrected chi connectivity index (χ2v) is 10.6. The molecule has 0 aromatic heterocycles. The van der Waals surface area contributed by atoms with Crippen LogP contribution in [-0.2, 0) is 19.0 Å². The Labute approximate surface area is 231 Å². The number of unbranched alkanes of at least 4 members (excludes halogenated alkanes) is 2. The van der Waals surface area contributed by atoms with Crippen molar-refractivity contribution in [2.24, 2.45) is 0 Å². The fourth-order valence-electron chi connectivity index (χ4n) is 5.54. The smallest absolute Gasteiger partial charge is 0.416 e. The van der Waals surface area contributed by atoms with Gasteiger partial charge < -0.3 is 28.6 Å². The van der Waals surface area contributed by atoms with Crippen LogP contribution in [0.5, 0.6) is 5.75 Å². The van der Waals surface area contributed by atoms with Crippen molar-refractivity contribution in [1.82, 2.24) is 4.90 Å². The molecule has 0 aliphatic carbocycles. The van der Waals surface area contributed by atoms with Gasteiger partial charge in [0.15, 0.2) is 12.5 Å². The molecule has 3 heterocycles. The zero-order chi connectivity index (χ0) is 27.8. The van der Waals surface area contributed by atoms with Crippen molar-refractivity contribution in [1.29, 1.82) is 0 Å². The van der Waals surface area contributed by atoms with Gasteiger partial charge in [-0.3, -0.25) is 4.79 Å². The number of carbonyl (C=O) groups excluding carboxylic acids is 3. The van der Waals surface area contributed by atoms with Crippen LogP contribution in [-0.4, -0.2) is 67.6 Å². The first kappa shape index (κ1) is 29.1. The highest BCUT2D eigenvalue weighted by Gasteiger charge is 2.46. The number of aryl methyl sites for hydroxylation is 1. The summed E-state index contributed by atoms with van der Waals surface area (Å²) in [7, 11) is 0. The summed E-state index contributed by atoms with van der Waals surface area (Å²) in [5.74, 6) is 0.672. The summed E-state index contributed by atoms with van der Waals surface area (Å²) in [6.07, 6.45) is 8.00. The van der Waals surface area contributed by atoms with E-state index in [0.29, 0.717) is 49.6 Å². The van der Waals surface area contributed by atoms with Gasteiger partial charge in [-0.15, -0.1) is 0 Å². The summed E-state index contributed by atoms with van der Waals surface area (Å²) in [4.78, 5) is 42.1. The minimum absolute atomic E-state index is 0.0368. The van der Waals surface area contributed by atoms with Crippen molar-refractivity contribution in [3.05, 3.63) is 35.9 Å². The molecule has 214 valence electrons. The van der Waals surface area contributed by atoms with E-state index in [1.165, 1.54) is 11.0 Å². The number of hydrogen-bond donors (Lipinski definition) is 0. The van der Waals surface area contributed by atoms with Gasteiger partial charge in [0, 0.05) is 25.6 Å². The van der Waals surface area contributed by atoms with E-state index in [1.54, 1.807) is 13.0 Å². The van der Waals surface area contributed by atoms with Crippen molar-refractivity contribution in [3.8, 4) is 5.75 Å². The van der Waals surface area contributed by atoms with E-state index in [-0.39, 0.29) is 24.3 Å². The molecule has 0 bridgehead atoms. The van der Waals surface area contributed by atoms with Crippen LogP contribution in [0.15, 0.2) is 24.8 Å². The van der Waals surface area contributed by atoms with Gasteiger partial charge in [0.05, 0.1) is 23.9 Å². The van der Waals surface area contributed by atoms with Crippen molar-refractivity contribution < 1.29 is 33.3 Å². The van der Waals surface area contributed by atoms with Crippen LogP contribution in [0.2, 0.25) is 0 Å². The van der Waals surface area contributed by atoms with E-state index in [0.717, 1.165) is 56.9 Å². The largest absolute Gasteiger partial charge is 0.493 e. The summed E-state index contributed by atoms with van der Waals surface area (Å²) in [5.41, 5.74) is 1.66. The van der Waals surface area contributed by atoms with Gasteiger partial charge in [-0.2, -0.15) is 0 Å². The minimum Gasteiger partial charge on any atom is -0.493 e. The number of carbonyl (C=O) groups is 3. The Morgan fingerprint density at radius 2 is 1.95 bits per heavy atom. The Bertz CT molecular complexity index is 1040. The molecule has 9 nitrogen and oxygen atoms in total. The van der Waals surface area contributed by atoms with Gasteiger partial charge in [-0.1, -0.05) is 12.7 Å². The van der Waals surface area contributed by atoms with Gasteiger partial charge in [-0.25, -0.2) is 9.69 Å². The number of ketones is 1. The number of anilines is 1. The third-order valence-electron chi connectivity index (χ3n) is 7.56. The number of benzene rings is 1. The maximum absolute atomic E-state index is 13.9. The average molecular weight is 543 g/mol. The summed E-state index contributed by atoms with van der Waals surface area (Å²) in [6, 6.07) is 3.25. The molecule has 2 amide bonds. The molecule has 2 unspecified atom stereocenters. The Hall–Kier alpha value is -2.91. The maximum atomic E-state index is 13.9. The molecule has 3 aliphatic rings. The summed E-state index contributed by atoms with van der Waals surface area (Å²) in [6.45, 7) is 8.89. The number of nitrogens with zero attached hydrogens (tertiary/aromatic N) is 2. The van der Waals surface area contributed by atoms with E-state index in [1.807, 2.05) is 17.9 Å². The quantitative estimate of drug-likeness (QED) is 0.268. The normalized spacial score (nSPS) is 22.9. The number of hydrogen-bond acceptors (Lipinski definition) is 7. The standard InChI is InChI=1S/C30H42N2O7/c1-4-16-38-30(35)32-25-20-26(36-17-10-5-6-12-22(3)33)21(2)19-23(25)28(34)31-15-9-7-13-24(31)29(32)39-27-14-8-11-18-37-27/h4,19-20,24,27,29H,1,5-18H2,2-3H3/t24-,27?,29?/m0/s1. The number of piperidine rings is 1. The van der Waals surface area contributed by atoms with E-state index < -0.39 is 18.6 Å². The highest BCUT2D eigenvalue weighted by molar-refractivity contribution is 6.05. The maximum Gasteiger partial charge on any atom is 0.416 e. The van der Waals surface area contributed by atoms with Gasteiger partial charge in [0.1, 0.15) is 18.1 Å². The van der Waals surface area contributed by atoms with E-state index in [2.05, 4.69) is 6.58 Å². The number of ether oxygens (including phenoxy) is 4.